The first-order valence-corrected chi connectivity index (χ1v) is 4.55. The molecule has 2 heteroatoms. The van der Waals surface area contributed by atoms with E-state index in [1.165, 1.54) is 19.4 Å². The van der Waals surface area contributed by atoms with E-state index < -0.39 is 0 Å². The Balaban J connectivity index is 2.29. The van der Waals surface area contributed by atoms with Gasteiger partial charge in [0.1, 0.15) is 0 Å². The summed E-state index contributed by atoms with van der Waals surface area (Å²) in [6, 6.07) is 0.726. The molecule has 0 saturated carbocycles. The first-order valence-electron chi connectivity index (χ1n) is 4.12. The quantitative estimate of drug-likeness (QED) is 0.561. The minimum atomic E-state index is 0.411. The Morgan fingerprint density at radius 1 is 1.70 bits per heavy atom. The van der Waals surface area contributed by atoms with Crippen molar-refractivity contribution in [3.8, 4) is 0 Å². The minimum absolute atomic E-state index is 0.411. The fourth-order valence-electron chi connectivity index (χ4n) is 1.40. The molecule has 0 radical (unpaired) electrons. The number of likely N-dealkylation sites (tertiary alicyclic amines) is 1. The van der Waals surface area contributed by atoms with E-state index in [2.05, 4.69) is 18.7 Å². The molecule has 1 rings (SSSR count). The largest absolute Gasteiger partial charge is 0.299 e. The van der Waals surface area contributed by atoms with Crippen LogP contribution in [0.3, 0.4) is 0 Å². The zero-order valence-corrected chi connectivity index (χ0v) is 7.56. The van der Waals surface area contributed by atoms with Gasteiger partial charge in [-0.15, -0.1) is 11.6 Å². The summed E-state index contributed by atoms with van der Waals surface area (Å²) in [5.41, 5.74) is 0. The van der Waals surface area contributed by atoms with Gasteiger partial charge in [0.05, 0.1) is 0 Å². The molecule has 0 bridgehead atoms. The van der Waals surface area contributed by atoms with Crippen LogP contribution < -0.4 is 0 Å². The predicted octanol–water partition coefficient (Wildman–Crippen LogP) is 2.10. The van der Waals surface area contributed by atoms with Gasteiger partial charge in [0.2, 0.25) is 0 Å². The van der Waals surface area contributed by atoms with Crippen LogP contribution in [0.5, 0.6) is 0 Å². The number of alkyl halides is 1. The molecule has 1 fully saturated rings. The Hall–Kier alpha value is 0.250. The van der Waals surface area contributed by atoms with Crippen molar-refractivity contribution in [3.63, 3.8) is 0 Å². The van der Waals surface area contributed by atoms with Gasteiger partial charge in [-0.25, -0.2) is 0 Å². The molecule has 0 aromatic heterocycles. The zero-order chi connectivity index (χ0) is 7.56. The average Bonchev–Trinajstić information content (AvgIpc) is 2.34. The molecule has 0 N–H and O–H groups in total. The number of halogens is 1. The molecule has 1 heterocycles. The lowest BCUT2D eigenvalue weighted by Crippen LogP contribution is -2.30. The number of hydrogen-bond donors (Lipinski definition) is 0. The Bertz CT molecular complexity index is 105. The van der Waals surface area contributed by atoms with Gasteiger partial charge in [-0.1, -0.05) is 6.92 Å². The van der Waals surface area contributed by atoms with Gasteiger partial charge in [-0.3, -0.25) is 4.90 Å². The van der Waals surface area contributed by atoms with Crippen molar-refractivity contribution in [2.75, 3.05) is 13.1 Å². The fourth-order valence-corrected chi connectivity index (χ4v) is 1.68. The van der Waals surface area contributed by atoms with Crippen molar-refractivity contribution in [1.82, 2.24) is 4.90 Å². The number of rotatable bonds is 2. The SMILES string of the molecule is CCC(C)N1CCC(Cl)C1. The smallest absolute Gasteiger partial charge is 0.0475 e. The summed E-state index contributed by atoms with van der Waals surface area (Å²) >= 11 is 5.97. The van der Waals surface area contributed by atoms with Crippen LogP contribution in [0.2, 0.25) is 0 Å². The van der Waals surface area contributed by atoms with Gasteiger partial charge in [0.15, 0.2) is 0 Å². The van der Waals surface area contributed by atoms with Crippen LogP contribution in [0, 0.1) is 0 Å². The summed E-state index contributed by atoms with van der Waals surface area (Å²) in [7, 11) is 0. The van der Waals surface area contributed by atoms with Gasteiger partial charge >= 0.3 is 0 Å². The Morgan fingerprint density at radius 2 is 2.40 bits per heavy atom. The summed E-state index contributed by atoms with van der Waals surface area (Å²) in [6.45, 7) is 6.79. The molecular weight excluding hydrogens is 146 g/mol. The molecule has 0 aromatic carbocycles. The standard InChI is InChI=1S/C8H16ClN/c1-3-7(2)10-5-4-8(9)6-10/h7-8H,3-6H2,1-2H3. The third kappa shape index (κ3) is 1.86. The highest BCUT2D eigenvalue weighted by atomic mass is 35.5. The van der Waals surface area contributed by atoms with E-state index in [-0.39, 0.29) is 0 Å². The van der Waals surface area contributed by atoms with Gasteiger partial charge in [-0.05, 0) is 26.3 Å². The molecule has 0 amide bonds. The monoisotopic (exact) mass is 161 g/mol. The zero-order valence-electron chi connectivity index (χ0n) is 6.81. The second-order valence-corrected chi connectivity index (χ2v) is 3.76. The average molecular weight is 162 g/mol. The van der Waals surface area contributed by atoms with Crippen LogP contribution in [-0.2, 0) is 0 Å². The topological polar surface area (TPSA) is 3.24 Å². The van der Waals surface area contributed by atoms with E-state index >= 15 is 0 Å². The predicted molar refractivity (Wildman–Crippen MR) is 45.6 cm³/mol. The van der Waals surface area contributed by atoms with Crippen molar-refractivity contribution in [2.24, 2.45) is 0 Å². The molecule has 1 saturated heterocycles. The molecule has 0 aliphatic carbocycles. The highest BCUT2D eigenvalue weighted by molar-refractivity contribution is 6.20. The van der Waals surface area contributed by atoms with E-state index in [1.807, 2.05) is 0 Å². The second-order valence-electron chi connectivity index (χ2n) is 3.14. The van der Waals surface area contributed by atoms with Crippen molar-refractivity contribution < 1.29 is 0 Å². The lowest BCUT2D eigenvalue weighted by molar-refractivity contribution is 0.254. The molecular formula is C8H16ClN. The molecule has 1 aliphatic heterocycles. The first-order chi connectivity index (χ1) is 4.74. The Morgan fingerprint density at radius 3 is 2.80 bits per heavy atom. The van der Waals surface area contributed by atoms with Crippen LogP contribution in [0.25, 0.3) is 0 Å². The lowest BCUT2D eigenvalue weighted by atomic mass is 10.2. The molecule has 60 valence electrons. The molecule has 1 aliphatic rings. The summed E-state index contributed by atoms with van der Waals surface area (Å²) in [5, 5.41) is 0.411. The number of nitrogens with zero attached hydrogens (tertiary/aromatic N) is 1. The molecule has 0 spiro atoms. The summed E-state index contributed by atoms with van der Waals surface area (Å²) in [4.78, 5) is 2.47. The van der Waals surface area contributed by atoms with Crippen molar-refractivity contribution >= 4 is 11.6 Å². The second kappa shape index (κ2) is 3.59. The van der Waals surface area contributed by atoms with E-state index in [0.717, 1.165) is 12.6 Å². The van der Waals surface area contributed by atoms with Crippen LogP contribution in [-0.4, -0.2) is 29.4 Å². The van der Waals surface area contributed by atoms with Crippen LogP contribution in [0.4, 0.5) is 0 Å². The van der Waals surface area contributed by atoms with E-state index in [4.69, 9.17) is 11.6 Å². The molecule has 1 nitrogen and oxygen atoms in total. The molecule has 0 aromatic rings. The fraction of sp³-hybridized carbons (Fsp3) is 1.00. The normalized spacial score (nSPS) is 30.9. The highest BCUT2D eigenvalue weighted by Gasteiger charge is 2.22. The van der Waals surface area contributed by atoms with Gasteiger partial charge in [0, 0.05) is 18.0 Å². The third-order valence-corrected chi connectivity index (χ3v) is 2.73. The van der Waals surface area contributed by atoms with Crippen LogP contribution in [0.15, 0.2) is 0 Å². The summed E-state index contributed by atoms with van der Waals surface area (Å²) in [5.74, 6) is 0. The Kier molecular flexibility index (Phi) is 2.99. The Labute approximate surface area is 68.4 Å². The highest BCUT2D eigenvalue weighted by Crippen LogP contribution is 2.17. The van der Waals surface area contributed by atoms with Crippen molar-refractivity contribution in [2.45, 2.75) is 38.1 Å². The van der Waals surface area contributed by atoms with Crippen LogP contribution >= 0.6 is 11.6 Å². The van der Waals surface area contributed by atoms with Gasteiger partial charge in [0.25, 0.3) is 0 Å². The van der Waals surface area contributed by atoms with E-state index in [9.17, 15) is 0 Å². The summed E-state index contributed by atoms with van der Waals surface area (Å²) in [6.07, 6.45) is 2.41. The maximum atomic E-state index is 5.97. The molecule has 10 heavy (non-hydrogen) atoms. The van der Waals surface area contributed by atoms with E-state index in [1.54, 1.807) is 0 Å². The van der Waals surface area contributed by atoms with E-state index in [0.29, 0.717) is 5.38 Å². The third-order valence-electron chi connectivity index (χ3n) is 2.38. The lowest BCUT2D eigenvalue weighted by Gasteiger charge is -2.21. The summed E-state index contributed by atoms with van der Waals surface area (Å²) < 4.78 is 0. The first kappa shape index (κ1) is 8.35. The number of hydrogen-bond acceptors (Lipinski definition) is 1. The molecule has 2 atom stereocenters. The van der Waals surface area contributed by atoms with Crippen molar-refractivity contribution in [1.29, 1.82) is 0 Å². The minimum Gasteiger partial charge on any atom is -0.299 e. The maximum Gasteiger partial charge on any atom is 0.0475 e. The van der Waals surface area contributed by atoms with Gasteiger partial charge < -0.3 is 0 Å². The molecule has 2 unspecified atom stereocenters. The van der Waals surface area contributed by atoms with Crippen LogP contribution in [0.1, 0.15) is 26.7 Å². The maximum absolute atomic E-state index is 5.97. The van der Waals surface area contributed by atoms with Gasteiger partial charge in [-0.2, -0.15) is 0 Å². The van der Waals surface area contributed by atoms with Crippen molar-refractivity contribution in [3.05, 3.63) is 0 Å².